The third kappa shape index (κ3) is 2.63. The summed E-state index contributed by atoms with van der Waals surface area (Å²) < 4.78 is 5.28. The molecule has 92 valence electrons. The molecular formula is C13H16ClNO2. The zero-order chi connectivity index (χ0) is 12.3. The van der Waals surface area contributed by atoms with E-state index in [9.17, 15) is 5.11 Å². The summed E-state index contributed by atoms with van der Waals surface area (Å²) in [5.74, 6) is 0. The van der Waals surface area contributed by atoms with Gasteiger partial charge in [0.25, 0.3) is 0 Å². The van der Waals surface area contributed by atoms with E-state index in [1.165, 1.54) is 0 Å². The molecule has 0 aliphatic heterocycles. The van der Waals surface area contributed by atoms with Crippen LogP contribution in [0, 0.1) is 0 Å². The summed E-state index contributed by atoms with van der Waals surface area (Å²) >= 11 is 6.37. The van der Waals surface area contributed by atoms with Crippen molar-refractivity contribution in [3.8, 4) is 0 Å². The molecule has 0 fully saturated rings. The smallest absolute Gasteiger partial charge is 0.133 e. The Morgan fingerprint density at radius 3 is 2.94 bits per heavy atom. The van der Waals surface area contributed by atoms with Crippen LogP contribution >= 0.6 is 11.6 Å². The molecule has 2 N–H and O–H groups in total. The van der Waals surface area contributed by atoms with Crippen molar-refractivity contribution in [2.45, 2.75) is 18.3 Å². The lowest BCUT2D eigenvalue weighted by atomic mass is 10.0. The fraction of sp³-hybridized carbons (Fsp3) is 0.385. The quantitative estimate of drug-likeness (QED) is 0.806. The summed E-state index contributed by atoms with van der Waals surface area (Å²) in [6.07, 6.45) is 1.66. The highest BCUT2D eigenvalue weighted by atomic mass is 35.5. The van der Waals surface area contributed by atoms with Crippen LogP contribution in [0.4, 0.5) is 0 Å². The average molecular weight is 254 g/mol. The van der Waals surface area contributed by atoms with Crippen molar-refractivity contribution in [1.29, 1.82) is 0 Å². The number of rotatable bonds is 5. The molecule has 0 amide bonds. The van der Waals surface area contributed by atoms with Crippen LogP contribution in [-0.2, 0) is 0 Å². The normalized spacial score (nSPS) is 15.0. The zero-order valence-electron chi connectivity index (χ0n) is 9.69. The maximum Gasteiger partial charge on any atom is 0.133 e. The lowest BCUT2D eigenvalue weighted by Gasteiger charge is -2.21. The molecule has 4 heteroatoms. The maximum absolute atomic E-state index is 9.30. The van der Waals surface area contributed by atoms with E-state index in [0.717, 1.165) is 23.1 Å². The van der Waals surface area contributed by atoms with Gasteiger partial charge in [-0.2, -0.15) is 0 Å². The fourth-order valence-electron chi connectivity index (χ4n) is 1.91. The first kappa shape index (κ1) is 12.4. The molecule has 2 rings (SSSR count). The number of halogens is 1. The summed E-state index contributed by atoms with van der Waals surface area (Å²) in [5.41, 5.74) is 1.84. The van der Waals surface area contributed by atoms with E-state index in [4.69, 9.17) is 16.0 Å². The molecule has 2 unspecified atom stereocenters. The predicted molar refractivity (Wildman–Crippen MR) is 69.4 cm³/mol. The molecule has 1 aromatic carbocycles. The highest BCUT2D eigenvalue weighted by Crippen LogP contribution is 2.27. The molecule has 2 aromatic rings. The molecule has 2 atom stereocenters. The van der Waals surface area contributed by atoms with E-state index in [0.29, 0.717) is 0 Å². The summed E-state index contributed by atoms with van der Waals surface area (Å²) in [6.45, 7) is 2.79. The van der Waals surface area contributed by atoms with Crippen LogP contribution in [0.15, 0.2) is 34.9 Å². The van der Waals surface area contributed by atoms with Crippen LogP contribution in [0.3, 0.4) is 0 Å². The number of likely N-dealkylation sites (N-methyl/N-ethyl adjacent to an activating group) is 1. The second-order valence-corrected chi connectivity index (χ2v) is 4.44. The van der Waals surface area contributed by atoms with Crippen LogP contribution in [-0.4, -0.2) is 24.3 Å². The second kappa shape index (κ2) is 5.54. The minimum atomic E-state index is -0.251. The summed E-state index contributed by atoms with van der Waals surface area (Å²) in [5, 5.41) is 13.2. The predicted octanol–water partition coefficient (Wildman–Crippen LogP) is 2.68. The van der Waals surface area contributed by atoms with Crippen LogP contribution in [0.2, 0.25) is 0 Å². The Bertz CT molecular complexity index is 483. The summed E-state index contributed by atoms with van der Waals surface area (Å²) in [7, 11) is 0. The minimum absolute atomic E-state index is 0.0193. The van der Waals surface area contributed by atoms with Crippen molar-refractivity contribution in [3.63, 3.8) is 0 Å². The lowest BCUT2D eigenvalue weighted by Crippen LogP contribution is -2.35. The Morgan fingerprint density at radius 1 is 1.41 bits per heavy atom. The molecule has 0 saturated heterocycles. The third-order valence-electron chi connectivity index (χ3n) is 2.81. The molecule has 1 aromatic heterocycles. The topological polar surface area (TPSA) is 45.4 Å². The van der Waals surface area contributed by atoms with Gasteiger partial charge in [0.1, 0.15) is 5.58 Å². The van der Waals surface area contributed by atoms with E-state index >= 15 is 0 Å². The van der Waals surface area contributed by atoms with Crippen molar-refractivity contribution in [3.05, 3.63) is 36.1 Å². The van der Waals surface area contributed by atoms with Crippen LogP contribution in [0.1, 0.15) is 17.9 Å². The number of hydrogen-bond donors (Lipinski definition) is 2. The molecule has 0 aliphatic rings. The minimum Gasteiger partial charge on any atom is -0.464 e. The van der Waals surface area contributed by atoms with Gasteiger partial charge in [-0.25, -0.2) is 0 Å². The first-order valence-corrected chi connectivity index (χ1v) is 6.15. The van der Waals surface area contributed by atoms with Crippen LogP contribution in [0.25, 0.3) is 11.0 Å². The number of hydrogen-bond acceptors (Lipinski definition) is 3. The Morgan fingerprint density at radius 2 is 2.24 bits per heavy atom. The number of aliphatic hydroxyl groups excluding tert-OH is 1. The van der Waals surface area contributed by atoms with Gasteiger partial charge in [-0.05, 0) is 30.3 Å². The van der Waals surface area contributed by atoms with Crippen molar-refractivity contribution in [2.24, 2.45) is 0 Å². The van der Waals surface area contributed by atoms with E-state index < -0.39 is 0 Å². The van der Waals surface area contributed by atoms with Gasteiger partial charge in [-0.3, -0.25) is 0 Å². The van der Waals surface area contributed by atoms with Crippen molar-refractivity contribution in [2.75, 3.05) is 13.2 Å². The number of aliphatic hydroxyl groups is 1. The number of benzene rings is 1. The van der Waals surface area contributed by atoms with Crippen LogP contribution < -0.4 is 5.32 Å². The monoisotopic (exact) mass is 253 g/mol. The SMILES string of the molecule is CCNC(CO)C(Cl)c1ccc2occc2c1. The van der Waals surface area contributed by atoms with Crippen molar-refractivity contribution in [1.82, 2.24) is 5.32 Å². The highest BCUT2D eigenvalue weighted by molar-refractivity contribution is 6.21. The molecule has 17 heavy (non-hydrogen) atoms. The molecule has 3 nitrogen and oxygen atoms in total. The van der Waals surface area contributed by atoms with E-state index in [-0.39, 0.29) is 18.0 Å². The standard InChI is InChI=1S/C13H16ClNO2/c1-2-15-11(8-16)13(14)10-3-4-12-9(7-10)5-6-17-12/h3-7,11,13,15-16H,2,8H2,1H3. The Labute approximate surface area is 105 Å². The molecule has 0 aliphatic carbocycles. The van der Waals surface area contributed by atoms with Gasteiger partial charge in [-0.15, -0.1) is 11.6 Å². The van der Waals surface area contributed by atoms with Crippen LogP contribution in [0.5, 0.6) is 0 Å². The fourth-order valence-corrected chi connectivity index (χ4v) is 2.22. The molecular weight excluding hydrogens is 238 g/mol. The van der Waals surface area contributed by atoms with Crippen molar-refractivity contribution < 1.29 is 9.52 Å². The van der Waals surface area contributed by atoms with Gasteiger partial charge in [0.15, 0.2) is 0 Å². The van der Waals surface area contributed by atoms with Gasteiger partial charge in [0.2, 0.25) is 0 Å². The largest absolute Gasteiger partial charge is 0.464 e. The van der Waals surface area contributed by atoms with E-state index in [1.54, 1.807) is 6.26 Å². The first-order valence-electron chi connectivity index (χ1n) is 5.71. The average Bonchev–Trinajstić information content (AvgIpc) is 2.82. The molecule has 0 radical (unpaired) electrons. The third-order valence-corrected chi connectivity index (χ3v) is 3.37. The maximum atomic E-state index is 9.30. The highest BCUT2D eigenvalue weighted by Gasteiger charge is 2.19. The number of furan rings is 1. The summed E-state index contributed by atoms with van der Waals surface area (Å²) in [4.78, 5) is 0. The van der Waals surface area contributed by atoms with Gasteiger partial charge in [0.05, 0.1) is 24.3 Å². The van der Waals surface area contributed by atoms with Gasteiger partial charge in [0, 0.05) is 5.39 Å². The molecule has 0 bridgehead atoms. The summed E-state index contributed by atoms with van der Waals surface area (Å²) in [6, 6.07) is 7.61. The number of nitrogens with one attached hydrogen (secondary N) is 1. The Balaban J connectivity index is 2.24. The van der Waals surface area contributed by atoms with Gasteiger partial charge < -0.3 is 14.8 Å². The number of fused-ring (bicyclic) bond motifs is 1. The van der Waals surface area contributed by atoms with Gasteiger partial charge >= 0.3 is 0 Å². The lowest BCUT2D eigenvalue weighted by molar-refractivity contribution is 0.240. The van der Waals surface area contributed by atoms with E-state index in [1.807, 2.05) is 31.2 Å². The Kier molecular flexibility index (Phi) is 4.05. The first-order chi connectivity index (χ1) is 8.26. The van der Waals surface area contributed by atoms with E-state index in [2.05, 4.69) is 5.32 Å². The van der Waals surface area contributed by atoms with Gasteiger partial charge in [-0.1, -0.05) is 13.0 Å². The van der Waals surface area contributed by atoms with Crippen molar-refractivity contribution >= 4 is 22.6 Å². The number of alkyl halides is 1. The zero-order valence-corrected chi connectivity index (χ0v) is 10.4. The molecule has 0 spiro atoms. The molecule has 0 saturated carbocycles. The Hall–Kier alpha value is -1.03. The second-order valence-electron chi connectivity index (χ2n) is 3.97. The molecule has 1 heterocycles.